The van der Waals surface area contributed by atoms with Crippen LogP contribution in [0, 0.1) is 10.1 Å². The van der Waals surface area contributed by atoms with Gasteiger partial charge in [-0.05, 0) is 30.7 Å². The number of fused-ring (bicyclic) bond motifs is 1. The number of aliphatic carboxylic acids is 1. The number of aromatic nitrogens is 1. The molecule has 1 unspecified atom stereocenters. The zero-order valence-electron chi connectivity index (χ0n) is 11.7. The Labute approximate surface area is 121 Å². The Morgan fingerprint density at radius 2 is 2.19 bits per heavy atom. The zero-order chi connectivity index (χ0) is 15.6. The predicted molar refractivity (Wildman–Crippen MR) is 78.5 cm³/mol. The number of likely N-dealkylation sites (N-methyl/N-ethyl adjacent to an activating group) is 1. The van der Waals surface area contributed by atoms with Gasteiger partial charge in [0, 0.05) is 13.2 Å². The molecule has 1 aromatic heterocycles. The standard InChI is InChI=1S/C14H15N3O4/c1-3-11(14(18)19)16(2)12-7-6-10-9(5-4-8-15-10)13(12)17(20)21/h4-8,11H,3H2,1-2H3,(H,18,19). The fraction of sp³-hybridized carbons (Fsp3) is 0.286. The van der Waals surface area contributed by atoms with Gasteiger partial charge in [-0.1, -0.05) is 6.92 Å². The summed E-state index contributed by atoms with van der Waals surface area (Å²) in [4.78, 5) is 27.7. The first kappa shape index (κ1) is 14.7. The highest BCUT2D eigenvalue weighted by Gasteiger charge is 2.28. The highest BCUT2D eigenvalue weighted by Crippen LogP contribution is 2.35. The summed E-state index contributed by atoms with van der Waals surface area (Å²) in [6.45, 7) is 1.73. The van der Waals surface area contributed by atoms with Gasteiger partial charge < -0.3 is 10.0 Å². The molecule has 2 aromatic rings. The molecule has 0 radical (unpaired) electrons. The maximum Gasteiger partial charge on any atom is 0.326 e. The van der Waals surface area contributed by atoms with Gasteiger partial charge in [0.25, 0.3) is 0 Å². The van der Waals surface area contributed by atoms with Crippen LogP contribution in [0.25, 0.3) is 10.9 Å². The van der Waals surface area contributed by atoms with E-state index in [0.717, 1.165) is 0 Å². The Morgan fingerprint density at radius 3 is 2.76 bits per heavy atom. The van der Waals surface area contributed by atoms with Crippen LogP contribution in [0.1, 0.15) is 13.3 Å². The molecule has 7 nitrogen and oxygen atoms in total. The van der Waals surface area contributed by atoms with Crippen molar-refractivity contribution in [3.8, 4) is 0 Å². The first-order valence-electron chi connectivity index (χ1n) is 6.45. The number of hydrogen-bond acceptors (Lipinski definition) is 5. The van der Waals surface area contributed by atoms with E-state index in [1.54, 1.807) is 44.4 Å². The average Bonchev–Trinajstić information content (AvgIpc) is 2.45. The van der Waals surface area contributed by atoms with Gasteiger partial charge >= 0.3 is 11.7 Å². The number of hydrogen-bond donors (Lipinski definition) is 1. The number of nitrogens with zero attached hydrogens (tertiary/aromatic N) is 3. The fourth-order valence-electron chi connectivity index (χ4n) is 2.38. The molecule has 1 atom stereocenters. The monoisotopic (exact) mass is 289 g/mol. The molecule has 110 valence electrons. The Bertz CT molecular complexity index is 702. The van der Waals surface area contributed by atoms with E-state index in [1.807, 2.05) is 0 Å². The molecule has 21 heavy (non-hydrogen) atoms. The summed E-state index contributed by atoms with van der Waals surface area (Å²) >= 11 is 0. The van der Waals surface area contributed by atoms with Gasteiger partial charge in [0.2, 0.25) is 0 Å². The molecule has 0 saturated carbocycles. The number of rotatable bonds is 5. The Hall–Kier alpha value is -2.70. The molecule has 0 amide bonds. The molecule has 0 aliphatic rings. The van der Waals surface area contributed by atoms with Gasteiger partial charge in [-0.25, -0.2) is 4.79 Å². The quantitative estimate of drug-likeness (QED) is 0.670. The zero-order valence-corrected chi connectivity index (χ0v) is 11.7. The summed E-state index contributed by atoms with van der Waals surface area (Å²) in [6, 6.07) is 5.60. The van der Waals surface area contributed by atoms with Crippen LogP contribution < -0.4 is 4.90 Å². The molecular formula is C14H15N3O4. The molecule has 1 aromatic carbocycles. The molecule has 0 aliphatic carbocycles. The minimum Gasteiger partial charge on any atom is -0.480 e. The van der Waals surface area contributed by atoms with Crippen LogP contribution in [0.15, 0.2) is 30.5 Å². The van der Waals surface area contributed by atoms with Crippen molar-refractivity contribution in [3.63, 3.8) is 0 Å². The van der Waals surface area contributed by atoms with Gasteiger partial charge in [-0.15, -0.1) is 0 Å². The van der Waals surface area contributed by atoms with Crippen molar-refractivity contribution in [1.29, 1.82) is 0 Å². The summed E-state index contributed by atoms with van der Waals surface area (Å²) in [5.74, 6) is -1.01. The molecule has 2 rings (SSSR count). The van der Waals surface area contributed by atoms with Crippen LogP contribution in [0.3, 0.4) is 0 Å². The summed E-state index contributed by atoms with van der Waals surface area (Å²) in [7, 11) is 1.55. The lowest BCUT2D eigenvalue weighted by molar-refractivity contribution is -0.382. The number of carboxylic acids is 1. The van der Waals surface area contributed by atoms with Gasteiger partial charge in [-0.3, -0.25) is 15.1 Å². The summed E-state index contributed by atoms with van der Waals surface area (Å²) < 4.78 is 0. The van der Waals surface area contributed by atoms with Crippen molar-refractivity contribution >= 4 is 28.2 Å². The maximum absolute atomic E-state index is 11.4. The SMILES string of the molecule is CCC(C(=O)O)N(C)c1ccc2ncccc2c1[N+](=O)[O-]. The first-order chi connectivity index (χ1) is 9.97. The van der Waals surface area contributed by atoms with Crippen LogP contribution in [-0.2, 0) is 4.79 Å². The van der Waals surface area contributed by atoms with Crippen molar-refractivity contribution in [1.82, 2.24) is 4.98 Å². The third kappa shape index (κ3) is 2.62. The van der Waals surface area contributed by atoms with Crippen molar-refractivity contribution in [2.24, 2.45) is 0 Å². The molecule has 0 aliphatic heterocycles. The van der Waals surface area contributed by atoms with E-state index in [4.69, 9.17) is 0 Å². The summed E-state index contributed by atoms with van der Waals surface area (Å²) in [5, 5.41) is 21.0. The first-order valence-corrected chi connectivity index (χ1v) is 6.45. The lowest BCUT2D eigenvalue weighted by atomic mass is 10.1. The van der Waals surface area contributed by atoms with E-state index in [9.17, 15) is 20.0 Å². The van der Waals surface area contributed by atoms with Gasteiger partial charge in [0.15, 0.2) is 0 Å². The maximum atomic E-state index is 11.4. The number of carboxylic acid groups (broad SMARTS) is 1. The van der Waals surface area contributed by atoms with E-state index < -0.39 is 16.9 Å². The van der Waals surface area contributed by atoms with Crippen molar-refractivity contribution in [2.45, 2.75) is 19.4 Å². The van der Waals surface area contributed by atoms with E-state index in [0.29, 0.717) is 17.3 Å². The molecule has 1 N–H and O–H groups in total. The second-order valence-electron chi connectivity index (χ2n) is 4.63. The number of nitro benzene ring substituents is 1. The van der Waals surface area contributed by atoms with E-state index in [-0.39, 0.29) is 11.4 Å². The second kappa shape index (κ2) is 5.74. The fourth-order valence-corrected chi connectivity index (χ4v) is 2.38. The molecular weight excluding hydrogens is 274 g/mol. The number of pyridine rings is 1. The van der Waals surface area contributed by atoms with Gasteiger partial charge in [0.05, 0.1) is 15.8 Å². The van der Waals surface area contributed by atoms with E-state index in [1.165, 1.54) is 4.90 Å². The normalized spacial score (nSPS) is 12.1. The van der Waals surface area contributed by atoms with Crippen LogP contribution in [-0.4, -0.2) is 34.1 Å². The van der Waals surface area contributed by atoms with Crippen LogP contribution in [0.5, 0.6) is 0 Å². The Morgan fingerprint density at radius 1 is 1.48 bits per heavy atom. The Kier molecular flexibility index (Phi) is 4.02. The number of benzene rings is 1. The lowest BCUT2D eigenvalue weighted by Gasteiger charge is -2.25. The molecule has 0 saturated heterocycles. The summed E-state index contributed by atoms with van der Waals surface area (Å²) in [5.41, 5.74) is 0.655. The molecule has 0 spiro atoms. The van der Waals surface area contributed by atoms with E-state index >= 15 is 0 Å². The number of anilines is 1. The van der Waals surface area contributed by atoms with Crippen molar-refractivity contribution < 1.29 is 14.8 Å². The second-order valence-corrected chi connectivity index (χ2v) is 4.63. The highest BCUT2D eigenvalue weighted by molar-refractivity contribution is 5.95. The minimum absolute atomic E-state index is 0.122. The minimum atomic E-state index is -1.01. The van der Waals surface area contributed by atoms with Crippen LogP contribution in [0.4, 0.5) is 11.4 Å². The predicted octanol–water partition coefficient (Wildman–Crippen LogP) is 2.44. The molecule has 1 heterocycles. The largest absolute Gasteiger partial charge is 0.480 e. The number of nitro groups is 1. The topological polar surface area (TPSA) is 96.6 Å². The Balaban J connectivity index is 2.66. The van der Waals surface area contributed by atoms with E-state index in [2.05, 4.69) is 4.98 Å². The van der Waals surface area contributed by atoms with Crippen molar-refractivity contribution in [2.75, 3.05) is 11.9 Å². The average molecular weight is 289 g/mol. The van der Waals surface area contributed by atoms with Crippen LogP contribution >= 0.6 is 0 Å². The van der Waals surface area contributed by atoms with Crippen LogP contribution in [0.2, 0.25) is 0 Å². The third-order valence-corrected chi connectivity index (χ3v) is 3.44. The van der Waals surface area contributed by atoms with Gasteiger partial charge in [0.1, 0.15) is 11.7 Å². The molecule has 0 bridgehead atoms. The molecule has 0 fully saturated rings. The number of carbonyl (C=O) groups is 1. The smallest absolute Gasteiger partial charge is 0.326 e. The molecule has 7 heteroatoms. The lowest BCUT2D eigenvalue weighted by Crippen LogP contribution is -2.38. The third-order valence-electron chi connectivity index (χ3n) is 3.44. The highest BCUT2D eigenvalue weighted by atomic mass is 16.6. The summed E-state index contributed by atoms with van der Waals surface area (Å²) in [6.07, 6.45) is 1.90. The van der Waals surface area contributed by atoms with Crippen molar-refractivity contribution in [3.05, 3.63) is 40.6 Å². The van der Waals surface area contributed by atoms with Gasteiger partial charge in [-0.2, -0.15) is 0 Å².